The Morgan fingerprint density at radius 1 is 1.25 bits per heavy atom. The van der Waals surface area contributed by atoms with E-state index in [4.69, 9.17) is 4.52 Å². The third kappa shape index (κ3) is 5.32. The van der Waals surface area contributed by atoms with Gasteiger partial charge in [-0.2, -0.15) is 4.98 Å². The number of rotatable bonds is 6. The molecule has 1 aliphatic heterocycles. The molecule has 1 aromatic carbocycles. The van der Waals surface area contributed by atoms with Crippen LogP contribution in [0.25, 0.3) is 11.4 Å². The molecule has 0 spiro atoms. The quantitative estimate of drug-likeness (QED) is 0.837. The topological polar surface area (TPSA) is 80.0 Å². The van der Waals surface area contributed by atoms with Gasteiger partial charge < -0.3 is 15.2 Å². The number of aromatic nitrogens is 2. The summed E-state index contributed by atoms with van der Waals surface area (Å²) in [5.41, 5.74) is 0.903. The van der Waals surface area contributed by atoms with Gasteiger partial charge in [0.15, 0.2) is 0 Å². The zero-order chi connectivity index (χ0) is 15.9. The number of amides is 1. The Morgan fingerprint density at radius 2 is 2.00 bits per heavy atom. The molecule has 6 nitrogen and oxygen atoms in total. The van der Waals surface area contributed by atoms with Gasteiger partial charge in [-0.1, -0.05) is 35.5 Å². The summed E-state index contributed by atoms with van der Waals surface area (Å²) in [6.07, 6.45) is 3.84. The van der Waals surface area contributed by atoms with E-state index < -0.39 is 0 Å². The molecule has 130 valence electrons. The normalized spacial score (nSPS) is 14.8. The van der Waals surface area contributed by atoms with Gasteiger partial charge >= 0.3 is 0 Å². The van der Waals surface area contributed by atoms with E-state index >= 15 is 0 Å². The summed E-state index contributed by atoms with van der Waals surface area (Å²) >= 11 is 0. The lowest BCUT2D eigenvalue weighted by molar-refractivity contribution is -0.121. The summed E-state index contributed by atoms with van der Waals surface area (Å²) < 4.78 is 5.18. The van der Waals surface area contributed by atoms with Gasteiger partial charge in [-0.25, -0.2) is 0 Å². The predicted octanol–water partition coefficient (Wildman–Crippen LogP) is 2.55. The summed E-state index contributed by atoms with van der Waals surface area (Å²) in [7, 11) is 0. The van der Waals surface area contributed by atoms with E-state index in [1.54, 1.807) is 0 Å². The van der Waals surface area contributed by atoms with Crippen LogP contribution in [0.1, 0.15) is 31.6 Å². The van der Waals surface area contributed by atoms with Crippen LogP contribution >= 0.6 is 12.4 Å². The first-order valence-electron chi connectivity index (χ1n) is 8.16. The number of benzene rings is 1. The summed E-state index contributed by atoms with van der Waals surface area (Å²) in [5.74, 6) is 1.68. The van der Waals surface area contributed by atoms with Gasteiger partial charge in [0, 0.05) is 12.0 Å². The molecule has 2 heterocycles. The molecule has 1 saturated heterocycles. The van der Waals surface area contributed by atoms with E-state index in [2.05, 4.69) is 20.8 Å². The van der Waals surface area contributed by atoms with Crippen molar-refractivity contribution in [1.29, 1.82) is 0 Å². The second kappa shape index (κ2) is 9.39. The molecule has 3 rings (SSSR count). The fraction of sp³-hybridized carbons (Fsp3) is 0.471. The van der Waals surface area contributed by atoms with E-state index in [1.807, 2.05) is 30.3 Å². The van der Waals surface area contributed by atoms with Gasteiger partial charge in [0.05, 0.1) is 6.54 Å². The first-order chi connectivity index (χ1) is 11.3. The largest absolute Gasteiger partial charge is 0.347 e. The van der Waals surface area contributed by atoms with Gasteiger partial charge in [0.25, 0.3) is 0 Å². The standard InChI is InChI=1S/C17H22N4O2.ClH/c22-15(7-6-13-8-10-18-11-9-13)19-12-16-20-17(21-23-16)14-4-2-1-3-5-14;/h1-5,13,18H,6-12H2,(H,19,22);1H. The van der Waals surface area contributed by atoms with Crippen LogP contribution < -0.4 is 10.6 Å². The van der Waals surface area contributed by atoms with Crippen molar-refractivity contribution >= 4 is 18.3 Å². The highest BCUT2D eigenvalue weighted by Gasteiger charge is 2.15. The van der Waals surface area contributed by atoms with Crippen molar-refractivity contribution < 1.29 is 9.32 Å². The van der Waals surface area contributed by atoms with Gasteiger partial charge in [-0.05, 0) is 38.3 Å². The molecular weight excluding hydrogens is 328 g/mol. The molecule has 1 fully saturated rings. The number of hydrogen-bond acceptors (Lipinski definition) is 5. The van der Waals surface area contributed by atoms with Gasteiger partial charge in [0.1, 0.15) is 0 Å². The van der Waals surface area contributed by atoms with Gasteiger partial charge in [-0.15, -0.1) is 12.4 Å². The average molecular weight is 351 g/mol. The van der Waals surface area contributed by atoms with E-state index in [0.29, 0.717) is 24.1 Å². The molecule has 0 atom stereocenters. The lowest BCUT2D eigenvalue weighted by atomic mass is 9.93. The van der Waals surface area contributed by atoms with Crippen LogP contribution in [0.3, 0.4) is 0 Å². The third-order valence-corrected chi connectivity index (χ3v) is 4.18. The van der Waals surface area contributed by atoms with Crippen molar-refractivity contribution in [2.75, 3.05) is 13.1 Å². The van der Waals surface area contributed by atoms with E-state index in [-0.39, 0.29) is 24.9 Å². The molecular formula is C17H23ClN4O2. The minimum Gasteiger partial charge on any atom is -0.347 e. The summed E-state index contributed by atoms with van der Waals surface area (Å²) in [6.45, 7) is 2.41. The molecule has 0 saturated carbocycles. The number of nitrogens with zero attached hydrogens (tertiary/aromatic N) is 2. The highest BCUT2D eigenvalue weighted by Crippen LogP contribution is 2.17. The Labute approximate surface area is 147 Å². The average Bonchev–Trinajstić information content (AvgIpc) is 3.09. The van der Waals surface area contributed by atoms with Crippen LogP contribution in [-0.2, 0) is 11.3 Å². The van der Waals surface area contributed by atoms with Crippen molar-refractivity contribution in [2.45, 2.75) is 32.2 Å². The highest BCUT2D eigenvalue weighted by molar-refractivity contribution is 5.85. The van der Waals surface area contributed by atoms with Crippen LogP contribution in [0.15, 0.2) is 34.9 Å². The number of nitrogens with one attached hydrogen (secondary N) is 2. The predicted molar refractivity (Wildman–Crippen MR) is 93.7 cm³/mol. The molecule has 0 unspecified atom stereocenters. The monoisotopic (exact) mass is 350 g/mol. The van der Waals surface area contributed by atoms with Crippen molar-refractivity contribution in [3.8, 4) is 11.4 Å². The molecule has 24 heavy (non-hydrogen) atoms. The summed E-state index contributed by atoms with van der Waals surface area (Å²) in [5, 5.41) is 10.1. The molecule has 7 heteroatoms. The molecule has 1 aromatic heterocycles. The molecule has 2 N–H and O–H groups in total. The SMILES string of the molecule is Cl.O=C(CCC1CCNCC1)NCc1nc(-c2ccccc2)no1. The minimum atomic E-state index is 0. The maximum absolute atomic E-state index is 11.9. The van der Waals surface area contributed by atoms with Gasteiger partial charge in [0.2, 0.25) is 17.6 Å². The van der Waals surface area contributed by atoms with Crippen molar-refractivity contribution in [3.63, 3.8) is 0 Å². The third-order valence-electron chi connectivity index (χ3n) is 4.18. The number of carbonyl (C=O) groups excluding carboxylic acids is 1. The highest BCUT2D eigenvalue weighted by atomic mass is 35.5. The second-order valence-electron chi connectivity index (χ2n) is 5.89. The van der Waals surface area contributed by atoms with Crippen molar-refractivity contribution in [1.82, 2.24) is 20.8 Å². The number of halogens is 1. The van der Waals surface area contributed by atoms with E-state index in [9.17, 15) is 4.79 Å². The molecule has 0 radical (unpaired) electrons. The van der Waals surface area contributed by atoms with Crippen molar-refractivity contribution in [2.24, 2.45) is 5.92 Å². The number of hydrogen-bond donors (Lipinski definition) is 2. The first kappa shape index (κ1) is 18.4. The number of piperidine rings is 1. The van der Waals surface area contributed by atoms with Crippen LogP contribution in [-0.4, -0.2) is 29.1 Å². The van der Waals surface area contributed by atoms with Crippen molar-refractivity contribution in [3.05, 3.63) is 36.2 Å². The maximum atomic E-state index is 11.9. The Bertz CT molecular complexity index is 627. The Morgan fingerprint density at radius 3 is 2.75 bits per heavy atom. The smallest absolute Gasteiger partial charge is 0.246 e. The van der Waals surface area contributed by atoms with Crippen LogP contribution in [0, 0.1) is 5.92 Å². The second-order valence-corrected chi connectivity index (χ2v) is 5.89. The van der Waals surface area contributed by atoms with Crippen LogP contribution in [0.4, 0.5) is 0 Å². The lowest BCUT2D eigenvalue weighted by Crippen LogP contribution is -2.29. The molecule has 0 bridgehead atoms. The van der Waals surface area contributed by atoms with E-state index in [0.717, 1.165) is 37.9 Å². The Balaban J connectivity index is 0.00000208. The van der Waals surface area contributed by atoms with Crippen LogP contribution in [0.5, 0.6) is 0 Å². The molecule has 2 aromatic rings. The Kier molecular flexibility index (Phi) is 7.21. The Hall–Kier alpha value is -1.92. The van der Waals surface area contributed by atoms with Gasteiger partial charge in [-0.3, -0.25) is 4.79 Å². The lowest BCUT2D eigenvalue weighted by Gasteiger charge is -2.22. The zero-order valence-electron chi connectivity index (χ0n) is 13.5. The van der Waals surface area contributed by atoms with Crippen LogP contribution in [0.2, 0.25) is 0 Å². The summed E-state index contributed by atoms with van der Waals surface area (Å²) in [4.78, 5) is 16.2. The molecule has 1 amide bonds. The molecule has 1 aliphatic rings. The summed E-state index contributed by atoms with van der Waals surface area (Å²) in [6, 6.07) is 9.63. The fourth-order valence-electron chi connectivity index (χ4n) is 2.80. The van der Waals surface area contributed by atoms with E-state index in [1.165, 1.54) is 0 Å². The minimum absolute atomic E-state index is 0. The maximum Gasteiger partial charge on any atom is 0.246 e. The first-order valence-corrected chi connectivity index (χ1v) is 8.16. The zero-order valence-corrected chi connectivity index (χ0v) is 14.3. The fourth-order valence-corrected chi connectivity index (χ4v) is 2.80. The molecule has 0 aliphatic carbocycles. The number of carbonyl (C=O) groups is 1.